The molecule has 20 heteroatoms. The zero-order chi connectivity index (χ0) is 34.9. The molecule has 1 saturated carbocycles. The smallest absolute Gasteiger partial charge is 0.434 e. The summed E-state index contributed by atoms with van der Waals surface area (Å²) in [7, 11) is -2.74. The van der Waals surface area contributed by atoms with Crippen molar-refractivity contribution >= 4 is 38.6 Å². The van der Waals surface area contributed by atoms with Crippen LogP contribution in [0.3, 0.4) is 0 Å². The Kier molecular flexibility index (Phi) is 9.54. The van der Waals surface area contributed by atoms with E-state index in [-0.39, 0.29) is 28.9 Å². The van der Waals surface area contributed by atoms with Crippen LogP contribution in [0.15, 0.2) is 41.8 Å². The van der Waals surface area contributed by atoms with Crippen molar-refractivity contribution in [2.24, 2.45) is 7.05 Å². The molecule has 1 aliphatic heterocycles. The molecule has 6 rings (SSSR count). The monoisotopic (exact) mass is 706 g/mol. The highest BCUT2D eigenvalue weighted by atomic mass is 32.2. The maximum absolute atomic E-state index is 13.5. The van der Waals surface area contributed by atoms with Crippen molar-refractivity contribution in [2.45, 2.75) is 61.9 Å². The van der Waals surface area contributed by atoms with Gasteiger partial charge in [-0.25, -0.2) is 27.7 Å². The Labute approximate surface area is 278 Å². The standard InChI is InChI=1S/C29H33F3N10O6S/c1-17(24-16-36-28(40(24)2)42(43)44)39-49(45,46)21-11-22-23(33-15-21)12-25(41-7-9-47-10-8-41)38-26(22)48-20-5-3-19(4-6-20)37-27-34-13-18(14-35-27)29(30,31)32/h11-17,19-20,39H,3-10H2,1-2H3,(H,34,35,37). The fraction of sp³-hybridized carbons (Fsp3) is 0.483. The van der Waals surface area contributed by atoms with E-state index in [4.69, 9.17) is 14.5 Å². The van der Waals surface area contributed by atoms with Crippen LogP contribution in [0.25, 0.3) is 10.9 Å². The summed E-state index contributed by atoms with van der Waals surface area (Å²) in [5, 5.41) is 14.7. The lowest BCUT2D eigenvalue weighted by Gasteiger charge is -2.31. The molecule has 0 spiro atoms. The first kappa shape index (κ1) is 34.2. The highest BCUT2D eigenvalue weighted by Crippen LogP contribution is 2.33. The van der Waals surface area contributed by atoms with Crippen LogP contribution < -0.4 is 19.7 Å². The van der Waals surface area contributed by atoms with E-state index >= 15 is 0 Å². The van der Waals surface area contributed by atoms with Crippen LogP contribution in [-0.2, 0) is 28.0 Å². The Morgan fingerprint density at radius 1 is 1.04 bits per heavy atom. The van der Waals surface area contributed by atoms with Crippen molar-refractivity contribution in [3.8, 4) is 5.88 Å². The zero-order valence-corrected chi connectivity index (χ0v) is 27.2. The SMILES string of the molecule is CC(NS(=O)(=O)c1cnc2cc(N3CCOCC3)nc(OC3CCC(Nc4ncc(C(F)(F)F)cn4)CC3)c2c1)c1cnc([N+](=O)[O-])n1C. The lowest BCUT2D eigenvalue weighted by atomic mass is 9.93. The first-order valence-electron chi connectivity index (χ1n) is 15.4. The summed E-state index contributed by atoms with van der Waals surface area (Å²) in [5.74, 6) is 0.497. The molecule has 49 heavy (non-hydrogen) atoms. The van der Waals surface area contributed by atoms with Crippen molar-refractivity contribution in [2.75, 3.05) is 36.5 Å². The molecule has 2 N–H and O–H groups in total. The third kappa shape index (κ3) is 7.65. The van der Waals surface area contributed by atoms with Gasteiger partial charge in [0.1, 0.15) is 28.7 Å². The van der Waals surface area contributed by atoms with Gasteiger partial charge < -0.3 is 29.8 Å². The molecule has 262 valence electrons. The molecule has 5 heterocycles. The second kappa shape index (κ2) is 13.7. The average molecular weight is 707 g/mol. The van der Waals surface area contributed by atoms with Crippen LogP contribution in [-0.4, -0.2) is 81.3 Å². The molecule has 4 aromatic rings. The van der Waals surface area contributed by atoms with E-state index < -0.39 is 38.7 Å². The molecule has 0 aromatic carbocycles. The van der Waals surface area contributed by atoms with Gasteiger partial charge in [-0.15, -0.1) is 0 Å². The van der Waals surface area contributed by atoms with Gasteiger partial charge in [-0.2, -0.15) is 18.2 Å². The first-order valence-corrected chi connectivity index (χ1v) is 16.9. The van der Waals surface area contributed by atoms with Gasteiger partial charge in [0, 0.05) is 43.8 Å². The number of aromatic nitrogens is 6. The molecule has 0 bridgehead atoms. The molecule has 16 nitrogen and oxygen atoms in total. The summed E-state index contributed by atoms with van der Waals surface area (Å²) in [6.45, 7) is 3.78. The average Bonchev–Trinajstić information content (AvgIpc) is 3.47. The van der Waals surface area contributed by atoms with Gasteiger partial charge in [-0.05, 0) is 43.6 Å². The Bertz CT molecular complexity index is 1930. The number of hydrogen-bond donors (Lipinski definition) is 2. The van der Waals surface area contributed by atoms with Gasteiger partial charge in [0.15, 0.2) is 0 Å². The van der Waals surface area contributed by atoms with E-state index in [1.807, 2.05) is 4.90 Å². The Morgan fingerprint density at radius 3 is 2.37 bits per heavy atom. The van der Waals surface area contributed by atoms with Crippen molar-refractivity contribution in [1.82, 2.24) is 34.2 Å². The number of hydrogen-bond acceptors (Lipinski definition) is 13. The van der Waals surface area contributed by atoms with Crippen molar-refractivity contribution in [3.05, 3.63) is 58.3 Å². The molecule has 1 unspecified atom stereocenters. The fourth-order valence-electron chi connectivity index (χ4n) is 5.81. The molecular weight excluding hydrogens is 673 g/mol. The van der Waals surface area contributed by atoms with Crippen LogP contribution in [0.1, 0.15) is 49.9 Å². The minimum Gasteiger partial charge on any atom is -0.474 e. The van der Waals surface area contributed by atoms with E-state index in [1.165, 1.54) is 30.1 Å². The normalized spacial score (nSPS) is 19.5. The minimum atomic E-state index is -4.52. The quantitative estimate of drug-likeness (QED) is 0.179. The third-order valence-corrected chi connectivity index (χ3v) is 9.96. The number of nitrogens with one attached hydrogen (secondary N) is 2. The number of pyridine rings is 2. The van der Waals surface area contributed by atoms with Crippen molar-refractivity contribution in [3.63, 3.8) is 0 Å². The van der Waals surface area contributed by atoms with Gasteiger partial charge in [-0.1, -0.05) is 4.98 Å². The van der Waals surface area contributed by atoms with Gasteiger partial charge in [0.2, 0.25) is 21.9 Å². The predicted octanol–water partition coefficient (Wildman–Crippen LogP) is 3.76. The number of rotatable bonds is 10. The number of sulfonamides is 1. The lowest BCUT2D eigenvalue weighted by Crippen LogP contribution is -2.37. The Morgan fingerprint density at radius 2 is 1.73 bits per heavy atom. The number of anilines is 2. The van der Waals surface area contributed by atoms with Crippen molar-refractivity contribution in [1.29, 1.82) is 0 Å². The topological polar surface area (TPSA) is 192 Å². The van der Waals surface area contributed by atoms with E-state index in [0.29, 0.717) is 74.4 Å². The van der Waals surface area contributed by atoms with Gasteiger partial charge in [0.25, 0.3) is 0 Å². The van der Waals surface area contributed by atoms with Crippen LogP contribution in [0.4, 0.5) is 30.9 Å². The Balaban J connectivity index is 1.21. The highest BCUT2D eigenvalue weighted by Gasteiger charge is 2.32. The Hall–Kier alpha value is -4.69. The number of morpholine rings is 1. The molecule has 0 amide bonds. The molecule has 2 fully saturated rings. The van der Waals surface area contributed by atoms with Crippen LogP contribution in [0.2, 0.25) is 0 Å². The summed E-state index contributed by atoms with van der Waals surface area (Å²) in [5.41, 5.74) is -0.167. The van der Waals surface area contributed by atoms with E-state index in [0.717, 1.165) is 12.4 Å². The highest BCUT2D eigenvalue weighted by molar-refractivity contribution is 7.89. The molecular formula is C29H33F3N10O6S. The van der Waals surface area contributed by atoms with Crippen LogP contribution in [0, 0.1) is 10.1 Å². The van der Waals surface area contributed by atoms with Gasteiger partial charge in [-0.3, -0.25) is 4.98 Å². The van der Waals surface area contributed by atoms with Gasteiger partial charge >= 0.3 is 12.1 Å². The second-order valence-corrected chi connectivity index (χ2v) is 13.5. The van der Waals surface area contributed by atoms with Crippen LogP contribution in [0.5, 0.6) is 5.88 Å². The molecule has 1 aliphatic carbocycles. The van der Waals surface area contributed by atoms with E-state index in [2.05, 4.69) is 30.0 Å². The van der Waals surface area contributed by atoms with Gasteiger partial charge in [0.05, 0.1) is 42.8 Å². The summed E-state index contributed by atoms with van der Waals surface area (Å²) in [4.78, 5) is 33.1. The van der Waals surface area contributed by atoms with Crippen LogP contribution >= 0.6 is 0 Å². The molecule has 0 radical (unpaired) electrons. The third-order valence-electron chi connectivity index (χ3n) is 8.45. The van der Waals surface area contributed by atoms with Crippen molar-refractivity contribution < 1.29 is 36.0 Å². The maximum Gasteiger partial charge on any atom is 0.434 e. The predicted molar refractivity (Wildman–Crippen MR) is 168 cm³/mol. The summed E-state index contributed by atoms with van der Waals surface area (Å²) >= 11 is 0. The summed E-state index contributed by atoms with van der Waals surface area (Å²) in [6, 6.07) is 2.25. The molecule has 1 saturated heterocycles. The molecule has 4 aromatic heterocycles. The molecule has 1 atom stereocenters. The zero-order valence-electron chi connectivity index (χ0n) is 26.4. The number of alkyl halides is 3. The van der Waals surface area contributed by atoms with E-state index in [9.17, 15) is 31.7 Å². The molecule has 2 aliphatic rings. The first-order chi connectivity index (χ1) is 23.3. The maximum atomic E-state index is 13.5. The number of fused-ring (bicyclic) bond motifs is 1. The number of nitrogens with zero attached hydrogens (tertiary/aromatic N) is 8. The fourth-order valence-corrected chi connectivity index (χ4v) is 7.00. The van der Waals surface area contributed by atoms with E-state index in [1.54, 1.807) is 13.0 Å². The number of imidazole rings is 1. The number of ether oxygens (including phenoxy) is 2. The minimum absolute atomic E-state index is 0.0895. The lowest BCUT2D eigenvalue weighted by molar-refractivity contribution is -0.396. The summed E-state index contributed by atoms with van der Waals surface area (Å²) < 4.78 is 81.3. The largest absolute Gasteiger partial charge is 0.474 e. The second-order valence-electron chi connectivity index (χ2n) is 11.8. The number of nitro groups is 1. The number of halogens is 3. The summed E-state index contributed by atoms with van der Waals surface area (Å²) in [6.07, 6.45) is 1.52.